The molecule has 0 bridgehead atoms. The number of nitrogens with zero attached hydrogens (tertiary/aromatic N) is 1. The minimum absolute atomic E-state index is 0.101. The van der Waals surface area contributed by atoms with Crippen molar-refractivity contribution in [3.8, 4) is 28.5 Å². The summed E-state index contributed by atoms with van der Waals surface area (Å²) in [4.78, 5) is 19.4. The van der Waals surface area contributed by atoms with Crippen molar-refractivity contribution in [3.05, 3.63) is 82.2 Å². The molecule has 6 heteroatoms. The average Bonchev–Trinajstić information content (AvgIpc) is 2.62. The Morgan fingerprint density at radius 3 is 2.73 bits per heavy atom. The Hall–Kier alpha value is -3.31. The molecule has 2 aromatic carbocycles. The Morgan fingerprint density at radius 1 is 1.04 bits per heavy atom. The number of benzene rings is 2. The molecule has 26 heavy (non-hydrogen) atoms. The molecule has 0 spiro atoms. The fourth-order valence-corrected chi connectivity index (χ4v) is 2.94. The zero-order chi connectivity index (χ0) is 18.1. The number of ether oxygens (including phenoxy) is 1. The van der Waals surface area contributed by atoms with Crippen LogP contribution in [-0.2, 0) is 0 Å². The predicted octanol–water partition coefficient (Wildman–Crippen LogP) is 4.74. The molecule has 2 aromatic heterocycles. The van der Waals surface area contributed by atoms with Crippen LogP contribution in [0.2, 0.25) is 5.02 Å². The van der Waals surface area contributed by atoms with Gasteiger partial charge in [-0.1, -0.05) is 29.8 Å². The van der Waals surface area contributed by atoms with Crippen LogP contribution in [0.5, 0.6) is 17.4 Å². The fourth-order valence-electron chi connectivity index (χ4n) is 2.76. The van der Waals surface area contributed by atoms with Gasteiger partial charge in [-0.25, -0.2) is 4.98 Å². The molecule has 0 saturated heterocycles. The number of aromatic amines is 1. The molecule has 0 aliphatic carbocycles. The number of H-pyrrole nitrogens is 1. The highest BCUT2D eigenvalue weighted by Gasteiger charge is 2.15. The van der Waals surface area contributed by atoms with Crippen molar-refractivity contribution in [1.82, 2.24) is 9.97 Å². The number of aromatic nitrogens is 2. The molecule has 2 N–H and O–H groups in total. The van der Waals surface area contributed by atoms with Crippen molar-refractivity contribution in [3.63, 3.8) is 0 Å². The largest absolute Gasteiger partial charge is 0.506 e. The van der Waals surface area contributed by atoms with Crippen molar-refractivity contribution in [2.75, 3.05) is 0 Å². The maximum absolute atomic E-state index is 12.5. The smallest absolute Gasteiger partial charge is 0.260 e. The number of pyridine rings is 2. The minimum Gasteiger partial charge on any atom is -0.506 e. The van der Waals surface area contributed by atoms with Gasteiger partial charge in [0.15, 0.2) is 0 Å². The number of nitrogens with one attached hydrogen (secondary N) is 1. The van der Waals surface area contributed by atoms with E-state index in [9.17, 15) is 9.90 Å². The Kier molecular flexibility index (Phi) is 4.07. The van der Waals surface area contributed by atoms with Crippen molar-refractivity contribution in [1.29, 1.82) is 0 Å². The van der Waals surface area contributed by atoms with Crippen LogP contribution in [0.25, 0.3) is 22.0 Å². The van der Waals surface area contributed by atoms with Gasteiger partial charge in [0.1, 0.15) is 11.5 Å². The maximum Gasteiger partial charge on any atom is 0.260 e. The van der Waals surface area contributed by atoms with E-state index in [0.717, 1.165) is 0 Å². The van der Waals surface area contributed by atoms with Gasteiger partial charge in [-0.2, -0.15) is 0 Å². The van der Waals surface area contributed by atoms with Crippen molar-refractivity contribution in [2.24, 2.45) is 0 Å². The molecule has 0 unspecified atom stereocenters. The number of hydrogen-bond donors (Lipinski definition) is 2. The normalized spacial score (nSPS) is 10.8. The van der Waals surface area contributed by atoms with Crippen molar-refractivity contribution < 1.29 is 9.84 Å². The second-order valence-corrected chi connectivity index (χ2v) is 6.10. The number of halogens is 1. The first-order valence-electron chi connectivity index (χ1n) is 7.85. The zero-order valence-electron chi connectivity index (χ0n) is 13.4. The van der Waals surface area contributed by atoms with E-state index in [4.69, 9.17) is 16.3 Å². The van der Waals surface area contributed by atoms with Crippen molar-refractivity contribution in [2.45, 2.75) is 0 Å². The van der Waals surface area contributed by atoms with E-state index in [1.807, 2.05) is 6.07 Å². The SMILES string of the molecule is O=c1[nH]c2cc(Cl)ccc2c(O)c1-c1cccc(Oc2ccccn2)c1. The third-order valence-electron chi connectivity index (χ3n) is 3.93. The maximum atomic E-state index is 12.5. The lowest BCUT2D eigenvalue weighted by Crippen LogP contribution is -2.09. The predicted molar refractivity (Wildman–Crippen MR) is 101 cm³/mol. The van der Waals surface area contributed by atoms with Crippen molar-refractivity contribution >= 4 is 22.5 Å². The molecule has 4 aromatic rings. The molecule has 0 atom stereocenters. The van der Waals surface area contributed by atoms with Gasteiger partial charge in [-0.3, -0.25) is 4.79 Å². The average molecular weight is 365 g/mol. The summed E-state index contributed by atoms with van der Waals surface area (Å²) in [6.45, 7) is 0. The van der Waals surface area contributed by atoms with E-state index < -0.39 is 5.56 Å². The Morgan fingerprint density at radius 2 is 1.92 bits per heavy atom. The van der Waals surface area contributed by atoms with E-state index in [1.165, 1.54) is 0 Å². The highest BCUT2D eigenvalue weighted by atomic mass is 35.5. The third-order valence-corrected chi connectivity index (χ3v) is 4.17. The second kappa shape index (κ2) is 6.54. The monoisotopic (exact) mass is 364 g/mol. The number of aromatic hydroxyl groups is 1. The van der Waals surface area contributed by atoms with E-state index >= 15 is 0 Å². The summed E-state index contributed by atoms with van der Waals surface area (Å²) in [6, 6.07) is 17.2. The van der Waals surface area contributed by atoms with Gasteiger partial charge in [0.25, 0.3) is 5.56 Å². The summed E-state index contributed by atoms with van der Waals surface area (Å²) in [5.41, 5.74) is 0.775. The van der Waals surface area contributed by atoms with E-state index in [2.05, 4.69) is 9.97 Å². The van der Waals surface area contributed by atoms with Gasteiger partial charge >= 0.3 is 0 Å². The summed E-state index contributed by atoms with van der Waals surface area (Å²) in [7, 11) is 0. The highest BCUT2D eigenvalue weighted by Crippen LogP contribution is 2.34. The van der Waals surface area contributed by atoms with Crippen LogP contribution >= 0.6 is 11.6 Å². The van der Waals surface area contributed by atoms with Gasteiger partial charge in [-0.15, -0.1) is 0 Å². The summed E-state index contributed by atoms with van der Waals surface area (Å²) < 4.78 is 5.70. The fraction of sp³-hybridized carbons (Fsp3) is 0. The van der Waals surface area contributed by atoms with Gasteiger partial charge < -0.3 is 14.8 Å². The lowest BCUT2D eigenvalue weighted by molar-refractivity contribution is 0.463. The molecule has 2 heterocycles. The molecule has 0 amide bonds. The molecule has 0 saturated carbocycles. The first-order chi connectivity index (χ1) is 12.6. The van der Waals surface area contributed by atoms with Gasteiger partial charge in [-0.05, 0) is 42.0 Å². The lowest BCUT2D eigenvalue weighted by atomic mass is 10.0. The van der Waals surface area contributed by atoms with Crippen LogP contribution in [-0.4, -0.2) is 15.1 Å². The summed E-state index contributed by atoms with van der Waals surface area (Å²) >= 11 is 5.95. The molecule has 4 rings (SSSR count). The van der Waals surface area contributed by atoms with Crippen LogP contribution in [0.3, 0.4) is 0 Å². The quantitative estimate of drug-likeness (QED) is 0.550. The summed E-state index contributed by atoms with van der Waals surface area (Å²) in [6.07, 6.45) is 1.63. The molecule has 5 nitrogen and oxygen atoms in total. The van der Waals surface area contributed by atoms with E-state index in [0.29, 0.717) is 33.1 Å². The second-order valence-electron chi connectivity index (χ2n) is 5.67. The first-order valence-corrected chi connectivity index (χ1v) is 8.23. The molecule has 128 valence electrons. The number of hydrogen-bond acceptors (Lipinski definition) is 4. The Balaban J connectivity index is 1.82. The van der Waals surface area contributed by atoms with Crippen LogP contribution in [0.15, 0.2) is 71.7 Å². The van der Waals surface area contributed by atoms with Gasteiger partial charge in [0.05, 0.1) is 11.1 Å². The Bertz CT molecular complexity index is 1160. The topological polar surface area (TPSA) is 75.2 Å². The first kappa shape index (κ1) is 16.2. The third kappa shape index (κ3) is 3.00. The van der Waals surface area contributed by atoms with Crippen LogP contribution in [0, 0.1) is 0 Å². The molecule has 0 aliphatic heterocycles. The number of rotatable bonds is 3. The standard InChI is InChI=1S/C20H13ClN2O3/c21-13-7-8-15-16(11-13)23-20(25)18(19(15)24)12-4-3-5-14(10-12)26-17-6-1-2-9-22-17/h1-11H,(H2,23,24,25). The van der Waals surface area contributed by atoms with E-state index in [-0.39, 0.29) is 11.3 Å². The molecular weight excluding hydrogens is 352 g/mol. The van der Waals surface area contributed by atoms with Crippen LogP contribution in [0.1, 0.15) is 0 Å². The molecule has 0 fully saturated rings. The van der Waals surface area contributed by atoms with Crippen LogP contribution in [0.4, 0.5) is 0 Å². The van der Waals surface area contributed by atoms with Gasteiger partial charge in [0.2, 0.25) is 5.88 Å². The lowest BCUT2D eigenvalue weighted by Gasteiger charge is -2.10. The van der Waals surface area contributed by atoms with Crippen LogP contribution < -0.4 is 10.3 Å². The number of fused-ring (bicyclic) bond motifs is 1. The van der Waals surface area contributed by atoms with E-state index in [1.54, 1.807) is 60.8 Å². The minimum atomic E-state index is -0.410. The molecule has 0 aliphatic rings. The molecular formula is C20H13ClN2O3. The highest BCUT2D eigenvalue weighted by molar-refractivity contribution is 6.31. The zero-order valence-corrected chi connectivity index (χ0v) is 14.2. The summed E-state index contributed by atoms with van der Waals surface area (Å²) in [5.74, 6) is 0.850. The Labute approximate surface area is 153 Å². The van der Waals surface area contributed by atoms with Gasteiger partial charge in [0, 0.05) is 22.7 Å². The molecule has 0 radical (unpaired) electrons. The summed E-state index contributed by atoms with van der Waals surface area (Å²) in [5, 5.41) is 11.6.